The minimum absolute atomic E-state index is 0.0304. The van der Waals surface area contributed by atoms with Crippen LogP contribution in [-0.4, -0.2) is 38.3 Å². The fourth-order valence-corrected chi connectivity index (χ4v) is 4.42. The van der Waals surface area contributed by atoms with Crippen molar-refractivity contribution in [1.29, 1.82) is 5.26 Å². The van der Waals surface area contributed by atoms with E-state index in [1.165, 1.54) is 4.31 Å². The highest BCUT2D eigenvalue weighted by Crippen LogP contribution is 2.18. The Morgan fingerprint density at radius 1 is 1.14 bits per heavy atom. The third-order valence-corrected chi connectivity index (χ3v) is 6.79. The topological polar surface area (TPSA) is 107 Å². The number of nitrogens with two attached hydrogens (primary N) is 1. The standard InChI is InChI=1S/C21H26N4O3S/c1-4-25(5-2)29(27,28)19-12-10-17(11-13-19)16(3)23-15-21(26)24-20-9-7-6-8-18(20)14-22/h6-13,16,23H,4-5,15H2,1-3H3,(H,24,26)/p+1/t16-/m1/s1. The first kappa shape index (κ1) is 22.6. The summed E-state index contributed by atoms with van der Waals surface area (Å²) >= 11 is 0. The van der Waals surface area contributed by atoms with Gasteiger partial charge in [0.1, 0.15) is 12.1 Å². The lowest BCUT2D eigenvalue weighted by Gasteiger charge is -2.19. The van der Waals surface area contributed by atoms with Gasteiger partial charge in [-0.1, -0.05) is 38.1 Å². The predicted molar refractivity (Wildman–Crippen MR) is 112 cm³/mol. The summed E-state index contributed by atoms with van der Waals surface area (Å²) in [5, 5.41) is 13.7. The van der Waals surface area contributed by atoms with Gasteiger partial charge in [-0.2, -0.15) is 9.57 Å². The fourth-order valence-electron chi connectivity index (χ4n) is 2.97. The number of nitrogens with zero attached hydrogens (tertiary/aromatic N) is 2. The molecule has 2 aromatic carbocycles. The van der Waals surface area contributed by atoms with Crippen LogP contribution in [0.25, 0.3) is 0 Å². The number of anilines is 1. The van der Waals surface area contributed by atoms with Gasteiger partial charge in [-0.3, -0.25) is 4.79 Å². The molecule has 0 unspecified atom stereocenters. The second-order valence-corrected chi connectivity index (χ2v) is 8.53. The van der Waals surface area contributed by atoms with Gasteiger partial charge in [0.05, 0.1) is 16.1 Å². The van der Waals surface area contributed by atoms with Crippen LogP contribution in [0, 0.1) is 11.3 Å². The number of hydrogen-bond donors (Lipinski definition) is 2. The van der Waals surface area contributed by atoms with E-state index in [0.717, 1.165) is 5.56 Å². The van der Waals surface area contributed by atoms with Gasteiger partial charge in [-0.05, 0) is 31.2 Å². The number of amides is 1. The smallest absolute Gasteiger partial charge is 0.279 e. The van der Waals surface area contributed by atoms with Crippen molar-refractivity contribution in [1.82, 2.24) is 4.31 Å². The maximum absolute atomic E-state index is 12.6. The molecule has 29 heavy (non-hydrogen) atoms. The number of para-hydroxylation sites is 1. The number of nitriles is 1. The average molecular weight is 416 g/mol. The number of rotatable bonds is 9. The first-order valence-corrected chi connectivity index (χ1v) is 11.0. The van der Waals surface area contributed by atoms with Crippen molar-refractivity contribution in [2.24, 2.45) is 0 Å². The lowest BCUT2D eigenvalue weighted by atomic mass is 10.1. The highest BCUT2D eigenvalue weighted by molar-refractivity contribution is 7.89. The first-order chi connectivity index (χ1) is 13.8. The van der Waals surface area contributed by atoms with Crippen LogP contribution < -0.4 is 10.6 Å². The van der Waals surface area contributed by atoms with Crippen LogP contribution >= 0.6 is 0 Å². The Kier molecular flexibility index (Phi) is 7.91. The highest BCUT2D eigenvalue weighted by Gasteiger charge is 2.22. The minimum atomic E-state index is -3.48. The molecule has 0 bridgehead atoms. The molecule has 0 aliphatic carbocycles. The van der Waals surface area contributed by atoms with E-state index in [4.69, 9.17) is 5.26 Å². The molecule has 2 rings (SSSR count). The summed E-state index contributed by atoms with van der Waals surface area (Å²) in [5.41, 5.74) is 1.83. The molecule has 0 aliphatic rings. The van der Waals surface area contributed by atoms with Gasteiger partial charge in [0.2, 0.25) is 10.0 Å². The summed E-state index contributed by atoms with van der Waals surface area (Å²) in [6.45, 7) is 6.60. The first-order valence-electron chi connectivity index (χ1n) is 9.55. The number of benzene rings is 2. The fraction of sp³-hybridized carbons (Fsp3) is 0.333. The summed E-state index contributed by atoms with van der Waals surface area (Å²) in [4.78, 5) is 12.5. The molecule has 3 N–H and O–H groups in total. The van der Waals surface area contributed by atoms with Crippen molar-refractivity contribution < 1.29 is 18.5 Å². The molecular formula is C21H27N4O3S+. The summed E-state index contributed by atoms with van der Waals surface area (Å²) in [7, 11) is -3.48. The van der Waals surface area contributed by atoms with Crippen molar-refractivity contribution in [3.8, 4) is 6.07 Å². The second-order valence-electron chi connectivity index (χ2n) is 6.59. The number of carbonyl (C=O) groups excluding carboxylic acids is 1. The molecule has 0 radical (unpaired) electrons. The van der Waals surface area contributed by atoms with E-state index in [1.807, 2.05) is 32.2 Å². The van der Waals surface area contributed by atoms with Gasteiger partial charge < -0.3 is 10.6 Å². The van der Waals surface area contributed by atoms with Gasteiger partial charge in [0.15, 0.2) is 6.54 Å². The number of quaternary nitrogens is 1. The van der Waals surface area contributed by atoms with Crippen LogP contribution in [0.15, 0.2) is 53.4 Å². The molecule has 0 aromatic heterocycles. The molecule has 0 saturated carbocycles. The van der Waals surface area contributed by atoms with Gasteiger partial charge in [-0.25, -0.2) is 8.42 Å². The largest absolute Gasteiger partial charge is 0.333 e. The maximum Gasteiger partial charge on any atom is 0.279 e. The predicted octanol–water partition coefficient (Wildman–Crippen LogP) is 1.85. The molecule has 2 aromatic rings. The highest BCUT2D eigenvalue weighted by atomic mass is 32.2. The minimum Gasteiger partial charge on any atom is -0.333 e. The lowest BCUT2D eigenvalue weighted by Crippen LogP contribution is -2.86. The Morgan fingerprint density at radius 3 is 2.34 bits per heavy atom. The molecule has 8 heteroatoms. The van der Waals surface area contributed by atoms with E-state index in [0.29, 0.717) is 24.3 Å². The zero-order chi connectivity index (χ0) is 21.4. The number of hydrogen-bond acceptors (Lipinski definition) is 4. The van der Waals surface area contributed by atoms with E-state index >= 15 is 0 Å². The van der Waals surface area contributed by atoms with Crippen LogP contribution in [0.1, 0.15) is 37.9 Å². The molecule has 0 aliphatic heterocycles. The summed E-state index contributed by atoms with van der Waals surface area (Å²) in [6, 6.07) is 15.6. The van der Waals surface area contributed by atoms with Crippen LogP contribution in [0.3, 0.4) is 0 Å². The monoisotopic (exact) mass is 415 g/mol. The zero-order valence-corrected chi connectivity index (χ0v) is 17.7. The maximum atomic E-state index is 12.6. The van der Waals surface area contributed by atoms with Crippen molar-refractivity contribution >= 4 is 21.6 Å². The van der Waals surface area contributed by atoms with E-state index in [9.17, 15) is 13.2 Å². The van der Waals surface area contributed by atoms with Crippen LogP contribution in [0.4, 0.5) is 5.69 Å². The molecule has 1 atom stereocenters. The SMILES string of the molecule is CCN(CC)S(=O)(=O)c1ccc([C@@H](C)[NH2+]CC(=O)Nc2ccccc2C#N)cc1. The van der Waals surface area contributed by atoms with E-state index < -0.39 is 10.0 Å². The number of carbonyl (C=O) groups is 1. The second kappa shape index (κ2) is 10.2. The third kappa shape index (κ3) is 5.64. The van der Waals surface area contributed by atoms with Crippen molar-refractivity contribution in [2.45, 2.75) is 31.7 Å². The Hall–Kier alpha value is -2.73. The van der Waals surface area contributed by atoms with Crippen molar-refractivity contribution in [3.63, 3.8) is 0 Å². The molecule has 0 spiro atoms. The summed E-state index contributed by atoms with van der Waals surface area (Å²) < 4.78 is 26.5. The molecule has 7 nitrogen and oxygen atoms in total. The third-order valence-electron chi connectivity index (χ3n) is 4.73. The molecule has 0 saturated heterocycles. The van der Waals surface area contributed by atoms with Gasteiger partial charge >= 0.3 is 0 Å². The lowest BCUT2D eigenvalue weighted by molar-refractivity contribution is -0.682. The Morgan fingerprint density at radius 2 is 1.76 bits per heavy atom. The number of sulfonamides is 1. The normalized spacial score (nSPS) is 12.4. The molecule has 0 heterocycles. The summed E-state index contributed by atoms with van der Waals surface area (Å²) in [5.74, 6) is -0.208. The van der Waals surface area contributed by atoms with Crippen molar-refractivity contribution in [2.75, 3.05) is 25.0 Å². The quantitative estimate of drug-likeness (QED) is 0.652. The van der Waals surface area contributed by atoms with Gasteiger partial charge in [0, 0.05) is 18.7 Å². The number of nitrogens with one attached hydrogen (secondary N) is 1. The van der Waals surface area contributed by atoms with Gasteiger partial charge in [0.25, 0.3) is 5.91 Å². The Bertz CT molecular complexity index is 978. The van der Waals surface area contributed by atoms with Crippen molar-refractivity contribution in [3.05, 3.63) is 59.7 Å². The van der Waals surface area contributed by atoms with E-state index in [-0.39, 0.29) is 23.4 Å². The Balaban J connectivity index is 1.98. The van der Waals surface area contributed by atoms with Crippen LogP contribution in [0.2, 0.25) is 0 Å². The molecule has 0 fully saturated rings. The van der Waals surface area contributed by atoms with E-state index in [2.05, 4.69) is 5.32 Å². The molecule has 1 amide bonds. The molecular weight excluding hydrogens is 388 g/mol. The van der Waals surface area contributed by atoms with E-state index in [1.54, 1.807) is 48.5 Å². The Labute approximate surface area is 172 Å². The zero-order valence-electron chi connectivity index (χ0n) is 16.9. The molecule has 154 valence electrons. The summed E-state index contributed by atoms with van der Waals surface area (Å²) in [6.07, 6.45) is 0. The van der Waals surface area contributed by atoms with Crippen LogP contribution in [0.5, 0.6) is 0 Å². The average Bonchev–Trinajstić information content (AvgIpc) is 2.73. The van der Waals surface area contributed by atoms with Gasteiger partial charge in [-0.15, -0.1) is 0 Å². The van der Waals surface area contributed by atoms with Crippen LogP contribution in [-0.2, 0) is 14.8 Å².